The molecule has 26 heavy (non-hydrogen) atoms. The summed E-state index contributed by atoms with van der Waals surface area (Å²) in [6.45, 7) is -1.41. The SMILES string of the molecule is Cc1onc(-c2ccc(F)cc2)c1C(=O)Nc1cccc(OC(F)F)c1. The standard InChI is InChI=1S/C18H13F3N2O3/c1-10-15(16(23-26-10)11-5-7-12(19)8-6-11)17(24)22-13-3-2-4-14(9-13)25-18(20)21/h2-9,18H,1H3,(H,22,24). The summed E-state index contributed by atoms with van der Waals surface area (Å²) < 4.78 is 47.1. The van der Waals surface area contributed by atoms with Gasteiger partial charge in [-0.25, -0.2) is 4.39 Å². The first-order valence-electron chi connectivity index (χ1n) is 7.52. The van der Waals surface area contributed by atoms with Crippen molar-refractivity contribution in [3.63, 3.8) is 0 Å². The van der Waals surface area contributed by atoms with Gasteiger partial charge in [0, 0.05) is 17.3 Å². The molecule has 0 atom stereocenters. The van der Waals surface area contributed by atoms with Crippen molar-refractivity contribution in [1.29, 1.82) is 0 Å². The zero-order valence-corrected chi connectivity index (χ0v) is 13.5. The molecule has 8 heteroatoms. The van der Waals surface area contributed by atoms with E-state index in [0.717, 1.165) is 0 Å². The van der Waals surface area contributed by atoms with E-state index in [1.165, 1.54) is 48.5 Å². The van der Waals surface area contributed by atoms with Gasteiger partial charge in [0.15, 0.2) is 0 Å². The number of aryl methyl sites for hydroxylation is 1. The van der Waals surface area contributed by atoms with Crippen LogP contribution in [0.3, 0.4) is 0 Å². The van der Waals surface area contributed by atoms with Crippen LogP contribution < -0.4 is 10.1 Å². The van der Waals surface area contributed by atoms with Crippen molar-refractivity contribution < 1.29 is 27.2 Å². The maximum atomic E-state index is 13.1. The number of amides is 1. The van der Waals surface area contributed by atoms with Gasteiger partial charge < -0.3 is 14.6 Å². The number of carbonyl (C=O) groups excluding carboxylic acids is 1. The van der Waals surface area contributed by atoms with E-state index in [9.17, 15) is 18.0 Å². The first kappa shape index (κ1) is 17.5. The topological polar surface area (TPSA) is 64.4 Å². The largest absolute Gasteiger partial charge is 0.435 e. The van der Waals surface area contributed by atoms with Crippen LogP contribution in [-0.2, 0) is 0 Å². The van der Waals surface area contributed by atoms with Gasteiger partial charge in [0.1, 0.15) is 28.6 Å². The monoisotopic (exact) mass is 362 g/mol. The van der Waals surface area contributed by atoms with Crippen LogP contribution in [0.1, 0.15) is 16.1 Å². The van der Waals surface area contributed by atoms with E-state index >= 15 is 0 Å². The summed E-state index contributed by atoms with van der Waals surface area (Å²) in [5.41, 5.74) is 1.18. The predicted octanol–water partition coefficient (Wildman–Crippen LogP) is 4.64. The van der Waals surface area contributed by atoms with E-state index in [0.29, 0.717) is 5.56 Å². The Morgan fingerprint density at radius 1 is 1.19 bits per heavy atom. The summed E-state index contributed by atoms with van der Waals surface area (Å²) in [5, 5.41) is 6.44. The van der Waals surface area contributed by atoms with Crippen molar-refractivity contribution in [2.45, 2.75) is 13.5 Å². The second kappa shape index (κ2) is 7.30. The fourth-order valence-electron chi connectivity index (χ4n) is 2.39. The van der Waals surface area contributed by atoms with Crippen molar-refractivity contribution >= 4 is 11.6 Å². The van der Waals surface area contributed by atoms with E-state index < -0.39 is 18.3 Å². The zero-order chi connectivity index (χ0) is 18.7. The Hall–Kier alpha value is -3.29. The zero-order valence-electron chi connectivity index (χ0n) is 13.5. The van der Waals surface area contributed by atoms with Crippen LogP contribution in [0.5, 0.6) is 5.75 Å². The molecule has 0 spiro atoms. The molecule has 3 rings (SSSR count). The molecule has 0 saturated carbocycles. The Balaban J connectivity index is 1.87. The van der Waals surface area contributed by atoms with Crippen LogP contribution in [0, 0.1) is 12.7 Å². The van der Waals surface area contributed by atoms with Gasteiger partial charge >= 0.3 is 6.61 Å². The van der Waals surface area contributed by atoms with Crippen LogP contribution in [0.25, 0.3) is 11.3 Å². The first-order valence-corrected chi connectivity index (χ1v) is 7.52. The van der Waals surface area contributed by atoms with E-state index in [-0.39, 0.29) is 28.5 Å². The molecule has 0 bridgehead atoms. The van der Waals surface area contributed by atoms with Gasteiger partial charge in [-0.15, -0.1) is 0 Å². The molecule has 0 unspecified atom stereocenters. The van der Waals surface area contributed by atoms with Crippen molar-refractivity contribution in [1.82, 2.24) is 5.16 Å². The summed E-state index contributed by atoms with van der Waals surface area (Å²) in [6.07, 6.45) is 0. The third kappa shape index (κ3) is 3.85. The Labute approximate surface area is 146 Å². The highest BCUT2D eigenvalue weighted by atomic mass is 19.3. The Kier molecular flexibility index (Phi) is 4.92. The minimum absolute atomic E-state index is 0.0846. The van der Waals surface area contributed by atoms with Gasteiger partial charge in [0.2, 0.25) is 0 Å². The maximum Gasteiger partial charge on any atom is 0.387 e. The molecular formula is C18H13F3N2O3. The molecule has 0 radical (unpaired) electrons. The van der Waals surface area contributed by atoms with Crippen LogP contribution in [0.15, 0.2) is 53.1 Å². The number of anilines is 1. The van der Waals surface area contributed by atoms with E-state index in [2.05, 4.69) is 15.2 Å². The normalized spacial score (nSPS) is 10.8. The molecule has 5 nitrogen and oxygen atoms in total. The summed E-state index contributed by atoms with van der Waals surface area (Å²) >= 11 is 0. The lowest BCUT2D eigenvalue weighted by molar-refractivity contribution is -0.0497. The number of alkyl halides is 2. The lowest BCUT2D eigenvalue weighted by Crippen LogP contribution is -2.13. The number of nitrogens with zero attached hydrogens (tertiary/aromatic N) is 1. The third-order valence-electron chi connectivity index (χ3n) is 3.52. The van der Waals surface area contributed by atoms with E-state index in [1.807, 2.05) is 0 Å². The minimum Gasteiger partial charge on any atom is -0.435 e. The number of hydrogen-bond acceptors (Lipinski definition) is 4. The molecule has 0 fully saturated rings. The third-order valence-corrected chi connectivity index (χ3v) is 3.52. The molecule has 2 aromatic carbocycles. The Morgan fingerprint density at radius 3 is 2.62 bits per heavy atom. The van der Waals surface area contributed by atoms with Gasteiger partial charge in [-0.3, -0.25) is 4.79 Å². The number of nitrogens with one attached hydrogen (secondary N) is 1. The maximum absolute atomic E-state index is 13.1. The molecule has 0 aliphatic carbocycles. The highest BCUT2D eigenvalue weighted by Crippen LogP contribution is 2.27. The molecule has 1 amide bonds. The van der Waals surface area contributed by atoms with Crippen LogP contribution >= 0.6 is 0 Å². The molecule has 1 aromatic heterocycles. The molecule has 0 aliphatic rings. The van der Waals surface area contributed by atoms with E-state index in [4.69, 9.17) is 4.52 Å². The smallest absolute Gasteiger partial charge is 0.387 e. The number of hydrogen-bond donors (Lipinski definition) is 1. The highest BCUT2D eigenvalue weighted by Gasteiger charge is 2.22. The minimum atomic E-state index is -2.97. The lowest BCUT2D eigenvalue weighted by Gasteiger charge is -2.08. The van der Waals surface area contributed by atoms with E-state index in [1.54, 1.807) is 6.92 Å². The quantitative estimate of drug-likeness (QED) is 0.718. The number of halogens is 3. The summed E-state index contributed by atoms with van der Waals surface area (Å²) in [6, 6.07) is 11.0. The molecular weight excluding hydrogens is 349 g/mol. The molecule has 1 N–H and O–H groups in total. The van der Waals surface area contributed by atoms with Crippen molar-refractivity contribution in [2.75, 3.05) is 5.32 Å². The molecule has 1 heterocycles. The van der Waals surface area contributed by atoms with Gasteiger partial charge in [-0.1, -0.05) is 11.2 Å². The summed E-state index contributed by atoms with van der Waals surface area (Å²) in [7, 11) is 0. The van der Waals surface area contributed by atoms with Gasteiger partial charge in [0.25, 0.3) is 5.91 Å². The molecule has 0 saturated heterocycles. The fourth-order valence-corrected chi connectivity index (χ4v) is 2.39. The van der Waals surface area contributed by atoms with Crippen LogP contribution in [0.4, 0.5) is 18.9 Å². The average Bonchev–Trinajstić information content (AvgIpc) is 2.97. The van der Waals surface area contributed by atoms with Crippen LogP contribution in [0.2, 0.25) is 0 Å². The van der Waals surface area contributed by atoms with Gasteiger partial charge in [0.05, 0.1) is 0 Å². The lowest BCUT2D eigenvalue weighted by atomic mass is 10.1. The predicted molar refractivity (Wildman–Crippen MR) is 87.7 cm³/mol. The number of rotatable bonds is 5. The molecule has 3 aromatic rings. The summed E-state index contributed by atoms with van der Waals surface area (Å²) in [4.78, 5) is 12.6. The number of ether oxygens (including phenoxy) is 1. The Morgan fingerprint density at radius 2 is 1.92 bits per heavy atom. The van der Waals surface area contributed by atoms with Crippen molar-refractivity contribution in [3.8, 4) is 17.0 Å². The number of aromatic nitrogens is 1. The van der Waals surface area contributed by atoms with Crippen LogP contribution in [-0.4, -0.2) is 17.7 Å². The summed E-state index contributed by atoms with van der Waals surface area (Å²) in [5.74, 6) is -0.784. The first-order chi connectivity index (χ1) is 12.4. The van der Waals surface area contributed by atoms with Crippen molar-refractivity contribution in [3.05, 3.63) is 65.7 Å². The molecule has 0 aliphatic heterocycles. The fraction of sp³-hybridized carbons (Fsp3) is 0.111. The number of benzene rings is 2. The average molecular weight is 362 g/mol. The van der Waals surface area contributed by atoms with Gasteiger partial charge in [-0.05, 0) is 43.3 Å². The second-order valence-corrected chi connectivity index (χ2v) is 5.33. The number of carbonyl (C=O) groups is 1. The second-order valence-electron chi connectivity index (χ2n) is 5.33. The van der Waals surface area contributed by atoms with Gasteiger partial charge in [-0.2, -0.15) is 8.78 Å². The molecule has 134 valence electrons. The Bertz CT molecular complexity index is 924. The van der Waals surface area contributed by atoms with Crippen molar-refractivity contribution in [2.24, 2.45) is 0 Å². The highest BCUT2D eigenvalue weighted by molar-refractivity contribution is 6.08.